The third-order valence-electron chi connectivity index (χ3n) is 7.44. The van der Waals surface area contributed by atoms with Gasteiger partial charge in [0.15, 0.2) is 0 Å². The van der Waals surface area contributed by atoms with Crippen molar-refractivity contribution in [2.75, 3.05) is 26.3 Å². The number of halogens is 1. The molecule has 1 aromatic carbocycles. The zero-order chi connectivity index (χ0) is 22.9. The first-order chi connectivity index (χ1) is 16.7. The lowest BCUT2D eigenvalue weighted by molar-refractivity contribution is 0.0165. The fourth-order valence-corrected chi connectivity index (χ4v) is 5.88. The Balaban J connectivity index is 1.26. The Kier molecular flexibility index (Phi) is 6.24. The van der Waals surface area contributed by atoms with Crippen LogP contribution in [0.3, 0.4) is 0 Å². The molecule has 1 saturated heterocycles. The topological polar surface area (TPSA) is 65.3 Å². The molecule has 0 bridgehead atoms. The maximum Gasteiger partial charge on any atom is 0.213 e. The summed E-state index contributed by atoms with van der Waals surface area (Å²) in [4.78, 5) is 6.86. The summed E-state index contributed by atoms with van der Waals surface area (Å²) in [6, 6.07) is 12.4. The van der Waals surface area contributed by atoms with E-state index in [4.69, 9.17) is 31.3 Å². The molecule has 1 aliphatic carbocycles. The highest BCUT2D eigenvalue weighted by Crippen LogP contribution is 2.37. The van der Waals surface area contributed by atoms with Gasteiger partial charge in [-0.2, -0.15) is 0 Å². The van der Waals surface area contributed by atoms with E-state index in [2.05, 4.69) is 26.6 Å². The van der Waals surface area contributed by atoms with Crippen LogP contribution < -0.4 is 4.74 Å². The SMILES string of the molecule is Clc1ccc2c(c1)C[C@@H](N1CCOCC1)Cc1nnc(C3CCC(Oc4ccccn4)CC3)n1-2. The molecule has 3 aromatic rings. The van der Waals surface area contributed by atoms with Crippen LogP contribution in [-0.2, 0) is 17.6 Å². The van der Waals surface area contributed by atoms with E-state index in [1.165, 1.54) is 11.3 Å². The van der Waals surface area contributed by atoms with Gasteiger partial charge in [-0.1, -0.05) is 17.7 Å². The lowest BCUT2D eigenvalue weighted by Crippen LogP contribution is -2.45. The molecule has 6 rings (SSSR count). The second kappa shape index (κ2) is 9.64. The van der Waals surface area contributed by atoms with Crippen molar-refractivity contribution in [1.29, 1.82) is 0 Å². The minimum absolute atomic E-state index is 0.203. The van der Waals surface area contributed by atoms with E-state index >= 15 is 0 Å². The van der Waals surface area contributed by atoms with E-state index in [0.29, 0.717) is 17.8 Å². The molecule has 3 aliphatic rings. The average molecular weight is 480 g/mol. The van der Waals surface area contributed by atoms with Crippen molar-refractivity contribution in [3.63, 3.8) is 0 Å². The van der Waals surface area contributed by atoms with Crippen molar-refractivity contribution >= 4 is 11.6 Å². The van der Waals surface area contributed by atoms with E-state index in [-0.39, 0.29) is 6.10 Å². The molecule has 34 heavy (non-hydrogen) atoms. The summed E-state index contributed by atoms with van der Waals surface area (Å²) in [5, 5.41) is 10.3. The van der Waals surface area contributed by atoms with Gasteiger partial charge in [0.05, 0.1) is 18.9 Å². The number of fused-ring (bicyclic) bond motifs is 3. The van der Waals surface area contributed by atoms with Gasteiger partial charge in [-0.3, -0.25) is 9.47 Å². The average Bonchev–Trinajstić information content (AvgIpc) is 3.21. The predicted octanol–water partition coefficient (Wildman–Crippen LogP) is 4.22. The first-order valence-electron chi connectivity index (χ1n) is 12.4. The van der Waals surface area contributed by atoms with E-state index in [0.717, 1.165) is 81.5 Å². The summed E-state index contributed by atoms with van der Waals surface area (Å²) >= 11 is 6.44. The van der Waals surface area contributed by atoms with Crippen LogP contribution in [0, 0.1) is 0 Å². The minimum Gasteiger partial charge on any atom is -0.474 e. The molecule has 0 radical (unpaired) electrons. The number of rotatable bonds is 4. The van der Waals surface area contributed by atoms with Crippen LogP contribution in [0.4, 0.5) is 0 Å². The molecule has 1 atom stereocenters. The summed E-state index contributed by atoms with van der Waals surface area (Å²) in [6.45, 7) is 3.50. The molecular weight excluding hydrogens is 450 g/mol. The van der Waals surface area contributed by atoms with Gasteiger partial charge in [0, 0.05) is 48.8 Å². The molecule has 1 saturated carbocycles. The Labute approximate surface area is 205 Å². The number of ether oxygens (including phenoxy) is 2. The van der Waals surface area contributed by atoms with Gasteiger partial charge in [0.2, 0.25) is 5.88 Å². The number of aromatic nitrogens is 4. The Bertz CT molecular complexity index is 1120. The first-order valence-corrected chi connectivity index (χ1v) is 12.7. The van der Waals surface area contributed by atoms with Crippen LogP contribution in [0.25, 0.3) is 5.69 Å². The number of benzene rings is 1. The number of pyridine rings is 1. The van der Waals surface area contributed by atoms with Crippen molar-refractivity contribution in [2.24, 2.45) is 0 Å². The van der Waals surface area contributed by atoms with E-state index in [9.17, 15) is 0 Å². The van der Waals surface area contributed by atoms with Crippen molar-refractivity contribution in [2.45, 2.75) is 56.6 Å². The van der Waals surface area contributed by atoms with Crippen molar-refractivity contribution in [1.82, 2.24) is 24.6 Å². The second-order valence-corrected chi connectivity index (χ2v) is 9.99. The molecule has 2 fully saturated rings. The molecule has 4 heterocycles. The fourth-order valence-electron chi connectivity index (χ4n) is 5.69. The largest absolute Gasteiger partial charge is 0.474 e. The fraction of sp³-hybridized carbons (Fsp3) is 0.500. The highest BCUT2D eigenvalue weighted by molar-refractivity contribution is 6.30. The van der Waals surface area contributed by atoms with E-state index in [1.807, 2.05) is 24.3 Å². The molecule has 0 spiro atoms. The maximum absolute atomic E-state index is 6.44. The lowest BCUT2D eigenvalue weighted by atomic mass is 9.86. The van der Waals surface area contributed by atoms with E-state index < -0.39 is 0 Å². The smallest absolute Gasteiger partial charge is 0.213 e. The first kappa shape index (κ1) is 22.0. The van der Waals surface area contributed by atoms with Crippen molar-refractivity contribution in [3.8, 4) is 11.6 Å². The lowest BCUT2D eigenvalue weighted by Gasteiger charge is -2.33. The zero-order valence-electron chi connectivity index (χ0n) is 19.3. The van der Waals surface area contributed by atoms with Crippen molar-refractivity contribution in [3.05, 3.63) is 64.8 Å². The van der Waals surface area contributed by atoms with Crippen LogP contribution >= 0.6 is 11.6 Å². The van der Waals surface area contributed by atoms with Crippen LogP contribution in [0.2, 0.25) is 5.02 Å². The second-order valence-electron chi connectivity index (χ2n) is 9.55. The van der Waals surface area contributed by atoms with Crippen LogP contribution in [-0.4, -0.2) is 63.1 Å². The van der Waals surface area contributed by atoms with Gasteiger partial charge in [-0.05, 0) is 61.9 Å². The van der Waals surface area contributed by atoms with Gasteiger partial charge < -0.3 is 9.47 Å². The van der Waals surface area contributed by atoms with Gasteiger partial charge in [-0.25, -0.2) is 4.98 Å². The number of nitrogens with zero attached hydrogens (tertiary/aromatic N) is 5. The van der Waals surface area contributed by atoms with Gasteiger partial charge in [0.1, 0.15) is 17.8 Å². The number of hydrogen-bond donors (Lipinski definition) is 0. The van der Waals surface area contributed by atoms with Crippen molar-refractivity contribution < 1.29 is 9.47 Å². The molecule has 8 heteroatoms. The van der Waals surface area contributed by atoms with Gasteiger partial charge >= 0.3 is 0 Å². The summed E-state index contributed by atoms with van der Waals surface area (Å²) in [6.07, 6.45) is 7.88. The van der Waals surface area contributed by atoms with Crippen LogP contribution in [0.5, 0.6) is 5.88 Å². The molecule has 178 valence electrons. The minimum atomic E-state index is 0.203. The normalized spacial score (nSPS) is 25.3. The Hall–Kier alpha value is -2.48. The number of hydrogen-bond acceptors (Lipinski definition) is 6. The maximum atomic E-state index is 6.44. The monoisotopic (exact) mass is 479 g/mol. The zero-order valence-corrected chi connectivity index (χ0v) is 20.0. The van der Waals surface area contributed by atoms with Gasteiger partial charge in [0.25, 0.3) is 0 Å². The van der Waals surface area contributed by atoms with Crippen LogP contribution in [0.1, 0.15) is 48.8 Å². The standard InChI is InChI=1S/C26H30ClN5O2/c27-20-6-9-23-19(15-20)16-21(31-11-13-33-14-12-31)17-24-29-30-26(32(23)24)18-4-7-22(8-5-18)34-25-3-1-2-10-28-25/h1-3,6,9-10,15,18,21-22H,4-5,7-8,11-14,16-17H2/t18?,21-,22?/m1/s1. The highest BCUT2D eigenvalue weighted by atomic mass is 35.5. The summed E-state index contributed by atoms with van der Waals surface area (Å²) in [5.74, 6) is 3.22. The molecular formula is C26H30ClN5O2. The van der Waals surface area contributed by atoms with Crippen LogP contribution in [0.15, 0.2) is 42.6 Å². The molecule has 2 aliphatic heterocycles. The summed E-state index contributed by atoms with van der Waals surface area (Å²) in [7, 11) is 0. The highest BCUT2D eigenvalue weighted by Gasteiger charge is 2.33. The quantitative estimate of drug-likeness (QED) is 0.558. The molecule has 0 unspecified atom stereocenters. The molecule has 0 amide bonds. The predicted molar refractivity (Wildman–Crippen MR) is 130 cm³/mol. The third-order valence-corrected chi connectivity index (χ3v) is 7.67. The molecule has 0 N–H and O–H groups in total. The number of morpholine rings is 1. The summed E-state index contributed by atoms with van der Waals surface area (Å²) < 4.78 is 14.0. The molecule has 7 nitrogen and oxygen atoms in total. The summed E-state index contributed by atoms with van der Waals surface area (Å²) in [5.41, 5.74) is 2.46. The van der Waals surface area contributed by atoms with E-state index in [1.54, 1.807) is 6.20 Å². The molecule has 2 aromatic heterocycles. The third kappa shape index (κ3) is 4.44. The Morgan fingerprint density at radius 1 is 0.971 bits per heavy atom. The Morgan fingerprint density at radius 3 is 2.62 bits per heavy atom. The Morgan fingerprint density at radius 2 is 1.82 bits per heavy atom. The van der Waals surface area contributed by atoms with Gasteiger partial charge in [-0.15, -0.1) is 10.2 Å².